The van der Waals surface area contributed by atoms with E-state index in [1.807, 2.05) is 6.92 Å². The normalized spacial score (nSPS) is 18.4. The zero-order valence-corrected chi connectivity index (χ0v) is 19.8. The van der Waals surface area contributed by atoms with Gasteiger partial charge in [-0.1, -0.05) is 17.7 Å². The van der Waals surface area contributed by atoms with Crippen molar-refractivity contribution >= 4 is 22.1 Å². The number of likely N-dealkylation sites (tertiary alicyclic amines) is 1. The molecule has 1 saturated heterocycles. The van der Waals surface area contributed by atoms with Crippen LogP contribution in [-0.4, -0.2) is 56.7 Å². The standard InChI is InChI=1S/C22H34N2O6S/c1-16-8-10-19(11-9-16)31(27,28)29-14-12-18-7-6-13-24(15-18)20(25)17(2)23-21(26)30-22(3,4)5/h8-11,17-18H,6-7,12-15H2,1-5H3,(H,23,26). The van der Waals surface area contributed by atoms with Gasteiger partial charge in [-0.2, -0.15) is 8.42 Å². The molecule has 8 nitrogen and oxygen atoms in total. The summed E-state index contributed by atoms with van der Waals surface area (Å²) < 4.78 is 35.0. The molecule has 1 heterocycles. The Kier molecular flexibility index (Phi) is 8.48. The minimum Gasteiger partial charge on any atom is -0.444 e. The zero-order chi connectivity index (χ0) is 23.2. The monoisotopic (exact) mass is 454 g/mol. The Balaban J connectivity index is 1.83. The summed E-state index contributed by atoms with van der Waals surface area (Å²) in [6.07, 6.45) is 1.62. The Morgan fingerprint density at radius 3 is 2.48 bits per heavy atom. The first-order chi connectivity index (χ1) is 14.4. The van der Waals surface area contributed by atoms with Crippen LogP contribution in [-0.2, 0) is 23.8 Å². The fraction of sp³-hybridized carbons (Fsp3) is 0.636. The number of hydrogen-bond donors (Lipinski definition) is 1. The molecule has 1 aliphatic rings. The van der Waals surface area contributed by atoms with Gasteiger partial charge in [0.15, 0.2) is 0 Å². The van der Waals surface area contributed by atoms with Crippen molar-refractivity contribution < 1.29 is 26.9 Å². The quantitative estimate of drug-likeness (QED) is 0.635. The highest BCUT2D eigenvalue weighted by atomic mass is 32.2. The molecule has 1 aliphatic heterocycles. The Morgan fingerprint density at radius 1 is 1.23 bits per heavy atom. The van der Waals surface area contributed by atoms with E-state index in [0.29, 0.717) is 19.5 Å². The van der Waals surface area contributed by atoms with E-state index in [9.17, 15) is 18.0 Å². The van der Waals surface area contributed by atoms with E-state index >= 15 is 0 Å². The molecule has 2 atom stereocenters. The van der Waals surface area contributed by atoms with Crippen molar-refractivity contribution in [3.05, 3.63) is 29.8 Å². The molecule has 2 unspecified atom stereocenters. The van der Waals surface area contributed by atoms with Gasteiger partial charge in [0, 0.05) is 13.1 Å². The molecule has 1 fully saturated rings. The number of benzene rings is 1. The third kappa shape index (κ3) is 8.14. The predicted octanol–water partition coefficient (Wildman–Crippen LogP) is 3.24. The molecule has 2 rings (SSSR count). The molecule has 0 radical (unpaired) electrons. The first-order valence-electron chi connectivity index (χ1n) is 10.6. The minimum absolute atomic E-state index is 0.0641. The van der Waals surface area contributed by atoms with E-state index < -0.39 is 27.9 Å². The van der Waals surface area contributed by atoms with Crippen molar-refractivity contribution in [1.29, 1.82) is 0 Å². The van der Waals surface area contributed by atoms with E-state index in [-0.39, 0.29) is 23.3 Å². The fourth-order valence-corrected chi connectivity index (χ4v) is 4.34. The van der Waals surface area contributed by atoms with Gasteiger partial charge in [-0.25, -0.2) is 4.79 Å². The topological polar surface area (TPSA) is 102 Å². The maximum atomic E-state index is 12.7. The van der Waals surface area contributed by atoms with Crippen molar-refractivity contribution in [3.63, 3.8) is 0 Å². The predicted molar refractivity (Wildman–Crippen MR) is 117 cm³/mol. The van der Waals surface area contributed by atoms with Gasteiger partial charge in [0.2, 0.25) is 5.91 Å². The van der Waals surface area contributed by atoms with Gasteiger partial charge in [-0.05, 0) is 71.9 Å². The van der Waals surface area contributed by atoms with Crippen LogP contribution in [0.4, 0.5) is 4.79 Å². The summed E-state index contributed by atoms with van der Waals surface area (Å²) >= 11 is 0. The number of carbonyl (C=O) groups is 2. The van der Waals surface area contributed by atoms with Gasteiger partial charge in [0.05, 0.1) is 11.5 Å². The number of alkyl carbamates (subject to hydrolysis) is 1. The lowest BCUT2D eigenvalue weighted by Gasteiger charge is -2.34. The number of piperidine rings is 1. The molecule has 0 spiro atoms. The van der Waals surface area contributed by atoms with Crippen molar-refractivity contribution in [3.8, 4) is 0 Å². The summed E-state index contributed by atoms with van der Waals surface area (Å²) in [5.41, 5.74) is 0.337. The van der Waals surface area contributed by atoms with E-state index in [1.54, 1.807) is 44.7 Å². The maximum Gasteiger partial charge on any atom is 0.408 e. The van der Waals surface area contributed by atoms with Gasteiger partial charge < -0.3 is 15.0 Å². The lowest BCUT2D eigenvalue weighted by molar-refractivity contribution is -0.135. The Bertz CT molecular complexity index is 861. The number of nitrogens with one attached hydrogen (secondary N) is 1. The molecule has 174 valence electrons. The molecule has 9 heteroatoms. The summed E-state index contributed by atoms with van der Waals surface area (Å²) in [6.45, 7) is 9.98. The smallest absolute Gasteiger partial charge is 0.408 e. The van der Waals surface area contributed by atoms with E-state index in [2.05, 4.69) is 5.32 Å². The average Bonchev–Trinajstić information content (AvgIpc) is 2.66. The van der Waals surface area contributed by atoms with Crippen LogP contribution in [0.25, 0.3) is 0 Å². The molecule has 0 saturated carbocycles. The van der Waals surface area contributed by atoms with Crippen LogP contribution in [0.5, 0.6) is 0 Å². The lowest BCUT2D eigenvalue weighted by Crippen LogP contribution is -2.50. The third-order valence-corrected chi connectivity index (χ3v) is 6.34. The molecule has 0 bridgehead atoms. The van der Waals surface area contributed by atoms with Gasteiger partial charge in [-0.3, -0.25) is 8.98 Å². The molecule has 0 aromatic heterocycles. The second-order valence-electron chi connectivity index (χ2n) is 9.04. The van der Waals surface area contributed by atoms with Crippen molar-refractivity contribution in [2.45, 2.75) is 70.4 Å². The van der Waals surface area contributed by atoms with E-state index in [4.69, 9.17) is 8.92 Å². The third-order valence-electron chi connectivity index (χ3n) is 5.01. The number of hydrogen-bond acceptors (Lipinski definition) is 6. The van der Waals surface area contributed by atoms with Crippen molar-refractivity contribution in [2.75, 3.05) is 19.7 Å². The number of nitrogens with zero attached hydrogens (tertiary/aromatic N) is 1. The molecule has 1 N–H and O–H groups in total. The van der Waals surface area contributed by atoms with Crippen LogP contribution in [0.2, 0.25) is 0 Å². The van der Waals surface area contributed by atoms with Crippen LogP contribution in [0, 0.1) is 12.8 Å². The van der Waals surface area contributed by atoms with Crippen LogP contribution >= 0.6 is 0 Å². The SMILES string of the molecule is Cc1ccc(S(=O)(=O)OCCC2CCCN(C(=O)C(C)NC(=O)OC(C)(C)C)C2)cc1. The highest BCUT2D eigenvalue weighted by molar-refractivity contribution is 7.86. The largest absolute Gasteiger partial charge is 0.444 e. The first-order valence-corrected chi connectivity index (χ1v) is 12.0. The lowest BCUT2D eigenvalue weighted by atomic mass is 9.95. The molecular formula is C22H34N2O6S. The average molecular weight is 455 g/mol. The zero-order valence-electron chi connectivity index (χ0n) is 19.0. The highest BCUT2D eigenvalue weighted by Gasteiger charge is 2.29. The Morgan fingerprint density at radius 2 is 1.87 bits per heavy atom. The molecular weight excluding hydrogens is 420 g/mol. The molecule has 1 aromatic rings. The minimum atomic E-state index is -3.79. The molecule has 0 aliphatic carbocycles. The number of ether oxygens (including phenoxy) is 1. The van der Waals surface area contributed by atoms with Crippen molar-refractivity contribution in [2.24, 2.45) is 5.92 Å². The second-order valence-corrected chi connectivity index (χ2v) is 10.7. The summed E-state index contributed by atoms with van der Waals surface area (Å²) in [4.78, 5) is 26.5. The van der Waals surface area contributed by atoms with Crippen molar-refractivity contribution in [1.82, 2.24) is 10.2 Å². The fourth-order valence-electron chi connectivity index (χ4n) is 3.42. The highest BCUT2D eigenvalue weighted by Crippen LogP contribution is 2.22. The van der Waals surface area contributed by atoms with Crippen LogP contribution in [0.15, 0.2) is 29.2 Å². The van der Waals surface area contributed by atoms with Gasteiger partial charge in [-0.15, -0.1) is 0 Å². The summed E-state index contributed by atoms with van der Waals surface area (Å²) in [5.74, 6) is -0.0385. The van der Waals surface area contributed by atoms with Gasteiger partial charge >= 0.3 is 6.09 Å². The van der Waals surface area contributed by atoms with Gasteiger partial charge in [0.1, 0.15) is 11.6 Å². The number of aryl methyl sites for hydroxylation is 1. The number of amides is 2. The Labute approximate surface area is 185 Å². The summed E-state index contributed by atoms with van der Waals surface area (Å²) in [5, 5.41) is 2.58. The molecule has 2 amide bonds. The van der Waals surface area contributed by atoms with E-state index in [0.717, 1.165) is 18.4 Å². The Hall–Kier alpha value is -2.13. The molecule has 31 heavy (non-hydrogen) atoms. The first kappa shape index (κ1) is 25.1. The summed E-state index contributed by atoms with van der Waals surface area (Å²) in [6, 6.07) is 5.82. The van der Waals surface area contributed by atoms with Crippen LogP contribution < -0.4 is 5.32 Å². The second kappa shape index (κ2) is 10.5. The van der Waals surface area contributed by atoms with Crippen LogP contribution in [0.3, 0.4) is 0 Å². The maximum absolute atomic E-state index is 12.7. The summed E-state index contributed by atoms with van der Waals surface area (Å²) in [7, 11) is -3.79. The number of rotatable bonds is 7. The molecule has 1 aromatic carbocycles. The van der Waals surface area contributed by atoms with Crippen LogP contribution in [0.1, 0.15) is 52.5 Å². The number of carbonyl (C=O) groups excluding carboxylic acids is 2. The van der Waals surface area contributed by atoms with E-state index in [1.165, 1.54) is 12.1 Å². The van der Waals surface area contributed by atoms with Gasteiger partial charge in [0.25, 0.3) is 10.1 Å².